The van der Waals surface area contributed by atoms with E-state index in [4.69, 9.17) is 9.47 Å². The van der Waals surface area contributed by atoms with Gasteiger partial charge in [0.2, 0.25) is 0 Å². The summed E-state index contributed by atoms with van der Waals surface area (Å²) in [6, 6.07) is 0. The van der Waals surface area contributed by atoms with E-state index in [2.05, 4.69) is 33.3 Å². The molecule has 2 bridgehead atoms. The molecule has 0 heterocycles. The first-order chi connectivity index (χ1) is 15.4. The van der Waals surface area contributed by atoms with Crippen molar-refractivity contribution in [3.05, 3.63) is 25.3 Å². The van der Waals surface area contributed by atoms with Crippen molar-refractivity contribution in [3.8, 4) is 0 Å². The molecule has 0 aromatic carbocycles. The molecule has 2 rings (SSSR count). The van der Waals surface area contributed by atoms with Crippen molar-refractivity contribution < 1.29 is 41.0 Å². The van der Waals surface area contributed by atoms with E-state index in [0.29, 0.717) is 19.0 Å². The van der Waals surface area contributed by atoms with Crippen LogP contribution in [-0.2, 0) is 28.5 Å². The quantitative estimate of drug-likeness (QED) is 0.209. The van der Waals surface area contributed by atoms with Crippen molar-refractivity contribution in [3.63, 3.8) is 0 Å². The standard InChI is InChI=1S/C14H21NO4.C8H13NO4.2H2/c1-2-13(16)18-5-6-19-14(17)15-9-12-8-10-3-4-11(12)7-10;1-3-7(10)12-5-6-13-8(11)9-4-2;;/h2,10-12H,1,3-9H2,(H,15,17);3H,1,4-6H2,2H3,(H,9,11);2*1H. The number of ether oxygens (including phenoxy) is 4. The van der Waals surface area contributed by atoms with Crippen molar-refractivity contribution in [2.45, 2.75) is 32.6 Å². The van der Waals surface area contributed by atoms with Crippen molar-refractivity contribution in [2.24, 2.45) is 17.8 Å². The largest absolute Gasteiger partial charge is 0.459 e. The van der Waals surface area contributed by atoms with Crippen LogP contribution in [0.25, 0.3) is 0 Å². The highest BCUT2D eigenvalue weighted by molar-refractivity contribution is 5.81. The Kier molecular flexibility index (Phi) is 13.3. The minimum absolute atomic E-state index is 0. The molecule has 10 nitrogen and oxygen atoms in total. The summed E-state index contributed by atoms with van der Waals surface area (Å²) in [6.07, 6.45) is 6.42. The Morgan fingerprint density at radius 3 is 1.81 bits per heavy atom. The zero-order chi connectivity index (χ0) is 23.8. The molecule has 3 atom stereocenters. The molecule has 2 fully saturated rings. The Bertz CT molecular complexity index is 663. The molecule has 0 aromatic rings. The summed E-state index contributed by atoms with van der Waals surface area (Å²) in [5, 5.41) is 5.22. The molecular formula is C22H38N2O8. The molecule has 2 saturated carbocycles. The van der Waals surface area contributed by atoms with Crippen molar-refractivity contribution in [1.29, 1.82) is 0 Å². The first-order valence-electron chi connectivity index (χ1n) is 10.8. The summed E-state index contributed by atoms with van der Waals surface area (Å²) < 4.78 is 18.8. The lowest BCUT2D eigenvalue weighted by Gasteiger charge is -2.21. The molecular weight excluding hydrogens is 420 g/mol. The molecule has 2 N–H and O–H groups in total. The highest BCUT2D eigenvalue weighted by atomic mass is 16.6. The number of esters is 2. The minimum atomic E-state index is -0.528. The van der Waals surface area contributed by atoms with Crippen LogP contribution in [0.15, 0.2) is 25.3 Å². The average molecular weight is 459 g/mol. The molecule has 2 amide bonds. The van der Waals surface area contributed by atoms with E-state index < -0.39 is 24.1 Å². The second-order valence-corrected chi connectivity index (χ2v) is 7.36. The van der Waals surface area contributed by atoms with Gasteiger partial charge in [0.1, 0.15) is 26.4 Å². The van der Waals surface area contributed by atoms with Gasteiger partial charge in [0.15, 0.2) is 0 Å². The van der Waals surface area contributed by atoms with Crippen LogP contribution >= 0.6 is 0 Å². The van der Waals surface area contributed by atoms with Gasteiger partial charge in [-0.3, -0.25) is 0 Å². The third-order valence-corrected chi connectivity index (χ3v) is 5.17. The lowest BCUT2D eigenvalue weighted by atomic mass is 9.89. The van der Waals surface area contributed by atoms with Crippen molar-refractivity contribution >= 4 is 24.1 Å². The highest BCUT2D eigenvalue weighted by Crippen LogP contribution is 2.47. The van der Waals surface area contributed by atoms with Gasteiger partial charge in [0.25, 0.3) is 0 Å². The highest BCUT2D eigenvalue weighted by Gasteiger charge is 2.39. The minimum Gasteiger partial charge on any atom is -0.459 e. The summed E-state index contributed by atoms with van der Waals surface area (Å²) >= 11 is 0. The van der Waals surface area contributed by atoms with Gasteiger partial charge in [0.05, 0.1) is 0 Å². The van der Waals surface area contributed by atoms with Crippen LogP contribution in [-0.4, -0.2) is 63.6 Å². The van der Waals surface area contributed by atoms with E-state index in [-0.39, 0.29) is 29.3 Å². The fourth-order valence-electron chi connectivity index (χ4n) is 3.76. The van der Waals surface area contributed by atoms with Crippen LogP contribution in [0.4, 0.5) is 9.59 Å². The molecule has 2 aliphatic carbocycles. The maximum atomic E-state index is 11.4. The lowest BCUT2D eigenvalue weighted by molar-refractivity contribution is -0.139. The van der Waals surface area contributed by atoms with Gasteiger partial charge < -0.3 is 29.6 Å². The van der Waals surface area contributed by atoms with Gasteiger partial charge in [-0.05, 0) is 43.9 Å². The summed E-state index contributed by atoms with van der Waals surface area (Å²) in [7, 11) is 0. The van der Waals surface area contributed by atoms with Crippen LogP contribution < -0.4 is 10.6 Å². The van der Waals surface area contributed by atoms with Gasteiger partial charge in [-0.25, -0.2) is 19.2 Å². The second-order valence-electron chi connectivity index (χ2n) is 7.36. The third kappa shape index (κ3) is 11.4. The zero-order valence-electron chi connectivity index (χ0n) is 18.6. The molecule has 0 aromatic heterocycles. The number of carbonyl (C=O) groups excluding carboxylic acids is 4. The number of rotatable bonds is 11. The molecule has 0 radical (unpaired) electrons. The van der Waals surface area contributed by atoms with Crippen LogP contribution in [0.5, 0.6) is 0 Å². The number of hydrogen-bond acceptors (Lipinski definition) is 8. The third-order valence-electron chi connectivity index (χ3n) is 5.17. The maximum Gasteiger partial charge on any atom is 0.407 e. The van der Waals surface area contributed by atoms with Gasteiger partial charge in [-0.1, -0.05) is 19.6 Å². The Morgan fingerprint density at radius 2 is 1.38 bits per heavy atom. The predicted molar refractivity (Wildman–Crippen MR) is 120 cm³/mol. The topological polar surface area (TPSA) is 129 Å². The van der Waals surface area contributed by atoms with Crippen molar-refractivity contribution in [1.82, 2.24) is 10.6 Å². The fraction of sp³-hybridized carbons (Fsp3) is 0.636. The van der Waals surface area contributed by atoms with Crippen LogP contribution in [0.3, 0.4) is 0 Å². The van der Waals surface area contributed by atoms with E-state index >= 15 is 0 Å². The Morgan fingerprint density at radius 1 is 0.844 bits per heavy atom. The van der Waals surface area contributed by atoms with E-state index in [9.17, 15) is 19.2 Å². The van der Waals surface area contributed by atoms with Gasteiger partial charge in [0, 0.05) is 28.1 Å². The predicted octanol–water partition coefficient (Wildman–Crippen LogP) is 2.83. The Hall–Kier alpha value is -3.04. The van der Waals surface area contributed by atoms with Crippen LogP contribution in [0, 0.1) is 17.8 Å². The number of hydrogen-bond donors (Lipinski definition) is 2. The first-order valence-corrected chi connectivity index (χ1v) is 10.8. The Balaban J connectivity index is 0. The summed E-state index contributed by atoms with van der Waals surface area (Å²) in [5.74, 6) is 1.25. The SMILES string of the molecule is C=CC(=O)OCCOC(=O)NCC.C=CC(=O)OCCOC(=O)NCC1CC2CCC1C2.[HH].[HH]. The molecule has 0 aliphatic heterocycles. The molecule has 0 spiro atoms. The summed E-state index contributed by atoms with van der Waals surface area (Å²) in [4.78, 5) is 43.3. The Labute approximate surface area is 191 Å². The zero-order valence-corrected chi connectivity index (χ0v) is 18.6. The van der Waals surface area contributed by atoms with E-state index in [1.54, 1.807) is 6.92 Å². The van der Waals surface area contributed by atoms with E-state index in [0.717, 1.165) is 24.0 Å². The number of carbonyl (C=O) groups is 4. The molecule has 3 unspecified atom stereocenters. The number of fused-ring (bicyclic) bond motifs is 2. The molecule has 10 heteroatoms. The van der Waals surface area contributed by atoms with Crippen molar-refractivity contribution in [2.75, 3.05) is 39.5 Å². The van der Waals surface area contributed by atoms with Gasteiger partial charge in [-0.15, -0.1) is 0 Å². The fourth-order valence-corrected chi connectivity index (χ4v) is 3.76. The van der Waals surface area contributed by atoms with Gasteiger partial charge in [-0.2, -0.15) is 0 Å². The average Bonchev–Trinajstić information content (AvgIpc) is 3.42. The summed E-state index contributed by atoms with van der Waals surface area (Å²) in [5.41, 5.74) is 0. The first kappa shape index (κ1) is 27.0. The lowest BCUT2D eigenvalue weighted by Crippen LogP contribution is -2.32. The molecule has 184 valence electrons. The number of alkyl carbamates (subject to hydrolysis) is 2. The van der Waals surface area contributed by atoms with E-state index in [1.807, 2.05) is 0 Å². The van der Waals surface area contributed by atoms with E-state index in [1.165, 1.54) is 25.7 Å². The number of nitrogens with one attached hydrogen (secondary N) is 2. The molecule has 0 saturated heterocycles. The molecule has 32 heavy (non-hydrogen) atoms. The molecule has 2 aliphatic rings. The maximum absolute atomic E-state index is 11.4. The normalized spacial score (nSPS) is 20.1. The monoisotopic (exact) mass is 458 g/mol. The van der Waals surface area contributed by atoms with Gasteiger partial charge >= 0.3 is 24.1 Å². The van der Waals surface area contributed by atoms with Crippen LogP contribution in [0.2, 0.25) is 0 Å². The van der Waals surface area contributed by atoms with Crippen LogP contribution in [0.1, 0.15) is 35.5 Å². The summed E-state index contributed by atoms with van der Waals surface area (Å²) in [6.45, 7) is 9.69. The second kappa shape index (κ2) is 15.7. The number of amides is 2. The smallest absolute Gasteiger partial charge is 0.407 e.